The Bertz CT molecular complexity index is 329. The smallest absolute Gasteiger partial charge is 0.272 e. The maximum Gasteiger partial charge on any atom is 0.272 e. The molecule has 17 heavy (non-hydrogen) atoms. The zero-order chi connectivity index (χ0) is 11.4. The second kappa shape index (κ2) is 6.76. The van der Waals surface area contributed by atoms with Crippen molar-refractivity contribution in [3.63, 3.8) is 0 Å². The standard InChI is InChI=1S/C10H15F2N3O.ClH/c11-10(12)7-16-9-5-14-15(6-9)8-1-3-13-4-2-8;/h5-6,8,10,13H,1-4,7H2;1H. The predicted molar refractivity (Wildman–Crippen MR) is 62.1 cm³/mol. The van der Waals surface area contributed by atoms with E-state index in [0.29, 0.717) is 11.8 Å². The first-order valence-electron chi connectivity index (χ1n) is 5.41. The number of nitrogens with one attached hydrogen (secondary N) is 1. The van der Waals surface area contributed by atoms with Crippen molar-refractivity contribution in [2.45, 2.75) is 25.3 Å². The molecule has 1 aliphatic rings. The number of hydrogen-bond acceptors (Lipinski definition) is 3. The summed E-state index contributed by atoms with van der Waals surface area (Å²) in [7, 11) is 0. The van der Waals surface area contributed by atoms with Crippen LogP contribution in [0.2, 0.25) is 0 Å². The Balaban J connectivity index is 0.00000144. The van der Waals surface area contributed by atoms with E-state index in [-0.39, 0.29) is 12.4 Å². The quantitative estimate of drug-likeness (QED) is 0.905. The number of hydrogen-bond donors (Lipinski definition) is 1. The van der Waals surface area contributed by atoms with Crippen molar-refractivity contribution < 1.29 is 13.5 Å². The number of rotatable bonds is 4. The van der Waals surface area contributed by atoms with E-state index in [2.05, 4.69) is 10.4 Å². The molecular formula is C10H16ClF2N3O. The first kappa shape index (κ1) is 14.2. The molecule has 7 heteroatoms. The molecule has 1 aliphatic heterocycles. The molecule has 0 saturated carbocycles. The molecule has 1 fully saturated rings. The molecule has 0 atom stereocenters. The average molecular weight is 268 g/mol. The molecule has 0 unspecified atom stereocenters. The van der Waals surface area contributed by atoms with Gasteiger partial charge in [-0.3, -0.25) is 4.68 Å². The normalized spacial score (nSPS) is 16.9. The van der Waals surface area contributed by atoms with Gasteiger partial charge in [-0.2, -0.15) is 5.10 Å². The van der Waals surface area contributed by atoms with Crippen molar-refractivity contribution in [3.05, 3.63) is 12.4 Å². The summed E-state index contributed by atoms with van der Waals surface area (Å²) < 4.78 is 30.5. The van der Waals surface area contributed by atoms with Gasteiger partial charge in [0.25, 0.3) is 6.43 Å². The number of aromatic nitrogens is 2. The zero-order valence-corrected chi connectivity index (χ0v) is 10.1. The van der Waals surface area contributed by atoms with Crippen LogP contribution in [-0.2, 0) is 0 Å². The summed E-state index contributed by atoms with van der Waals surface area (Å²) in [5.74, 6) is 0.416. The van der Waals surface area contributed by atoms with Crippen molar-refractivity contribution in [3.8, 4) is 5.75 Å². The van der Waals surface area contributed by atoms with Gasteiger partial charge < -0.3 is 10.1 Å². The van der Waals surface area contributed by atoms with Crippen molar-refractivity contribution >= 4 is 12.4 Å². The van der Waals surface area contributed by atoms with Crippen LogP contribution in [0, 0.1) is 0 Å². The van der Waals surface area contributed by atoms with Gasteiger partial charge in [0.05, 0.1) is 18.4 Å². The average Bonchev–Trinajstić information content (AvgIpc) is 2.76. The van der Waals surface area contributed by atoms with Gasteiger partial charge in [0.15, 0.2) is 5.75 Å². The van der Waals surface area contributed by atoms with Crippen LogP contribution in [0.5, 0.6) is 5.75 Å². The first-order chi connectivity index (χ1) is 7.75. The second-order valence-electron chi connectivity index (χ2n) is 3.84. The van der Waals surface area contributed by atoms with Crippen LogP contribution in [0.4, 0.5) is 8.78 Å². The van der Waals surface area contributed by atoms with E-state index in [1.807, 2.05) is 4.68 Å². The van der Waals surface area contributed by atoms with E-state index in [1.54, 1.807) is 6.20 Å². The molecule has 0 aromatic carbocycles. The summed E-state index contributed by atoms with van der Waals surface area (Å²) in [6.45, 7) is 1.37. The van der Waals surface area contributed by atoms with Gasteiger partial charge in [-0.15, -0.1) is 12.4 Å². The minimum Gasteiger partial charge on any atom is -0.484 e. The Morgan fingerprint density at radius 3 is 2.82 bits per heavy atom. The Morgan fingerprint density at radius 1 is 1.47 bits per heavy atom. The highest BCUT2D eigenvalue weighted by molar-refractivity contribution is 5.85. The largest absolute Gasteiger partial charge is 0.484 e. The molecule has 1 aromatic heterocycles. The summed E-state index contributed by atoms with van der Waals surface area (Å²) >= 11 is 0. The predicted octanol–water partition coefficient (Wildman–Crippen LogP) is 1.87. The fourth-order valence-electron chi connectivity index (χ4n) is 1.83. The van der Waals surface area contributed by atoms with Crippen molar-refractivity contribution in [1.82, 2.24) is 15.1 Å². The highest BCUT2D eigenvalue weighted by Gasteiger charge is 2.16. The summed E-state index contributed by atoms with van der Waals surface area (Å²) in [5.41, 5.74) is 0. The van der Waals surface area contributed by atoms with Crippen LogP contribution in [0.3, 0.4) is 0 Å². The second-order valence-corrected chi connectivity index (χ2v) is 3.84. The summed E-state index contributed by atoms with van der Waals surface area (Å²) in [6, 6.07) is 0.352. The summed E-state index contributed by atoms with van der Waals surface area (Å²) in [6.07, 6.45) is 2.76. The number of halogens is 3. The molecule has 0 aliphatic carbocycles. The molecule has 0 bridgehead atoms. The van der Waals surface area contributed by atoms with E-state index < -0.39 is 13.0 Å². The Morgan fingerprint density at radius 2 is 2.18 bits per heavy atom. The highest BCUT2D eigenvalue weighted by Crippen LogP contribution is 2.20. The summed E-state index contributed by atoms with van der Waals surface area (Å²) in [5, 5.41) is 7.40. The van der Waals surface area contributed by atoms with Crippen LogP contribution >= 0.6 is 12.4 Å². The van der Waals surface area contributed by atoms with E-state index >= 15 is 0 Å². The first-order valence-corrected chi connectivity index (χ1v) is 5.41. The van der Waals surface area contributed by atoms with E-state index in [1.165, 1.54) is 6.20 Å². The van der Waals surface area contributed by atoms with Gasteiger partial charge in [0, 0.05) is 0 Å². The molecule has 98 valence electrons. The van der Waals surface area contributed by atoms with E-state index in [0.717, 1.165) is 25.9 Å². The minimum absolute atomic E-state index is 0. The summed E-state index contributed by atoms with van der Waals surface area (Å²) in [4.78, 5) is 0. The lowest BCUT2D eigenvalue weighted by atomic mass is 10.1. The van der Waals surface area contributed by atoms with Crippen LogP contribution in [0.15, 0.2) is 12.4 Å². The molecule has 0 spiro atoms. The van der Waals surface area contributed by atoms with Crippen LogP contribution in [-0.4, -0.2) is 35.9 Å². The zero-order valence-electron chi connectivity index (χ0n) is 9.31. The third-order valence-corrected chi connectivity index (χ3v) is 2.64. The van der Waals surface area contributed by atoms with Crippen LogP contribution < -0.4 is 10.1 Å². The maximum absolute atomic E-state index is 11.9. The van der Waals surface area contributed by atoms with Gasteiger partial charge in [-0.05, 0) is 25.9 Å². The van der Waals surface area contributed by atoms with Gasteiger partial charge in [-0.1, -0.05) is 0 Å². The SMILES string of the molecule is Cl.FC(F)COc1cnn(C2CCNCC2)c1. The highest BCUT2D eigenvalue weighted by atomic mass is 35.5. The number of nitrogens with zero attached hydrogens (tertiary/aromatic N) is 2. The molecule has 0 radical (unpaired) electrons. The number of ether oxygens (including phenoxy) is 1. The van der Waals surface area contributed by atoms with Crippen molar-refractivity contribution in [1.29, 1.82) is 0 Å². The van der Waals surface area contributed by atoms with Crippen LogP contribution in [0.1, 0.15) is 18.9 Å². The third-order valence-electron chi connectivity index (χ3n) is 2.64. The van der Waals surface area contributed by atoms with Gasteiger partial charge in [0.1, 0.15) is 6.61 Å². The van der Waals surface area contributed by atoms with Gasteiger partial charge in [-0.25, -0.2) is 8.78 Å². The monoisotopic (exact) mass is 267 g/mol. The Kier molecular flexibility index (Phi) is 5.64. The minimum atomic E-state index is -2.44. The van der Waals surface area contributed by atoms with Crippen molar-refractivity contribution in [2.24, 2.45) is 0 Å². The van der Waals surface area contributed by atoms with Crippen LogP contribution in [0.25, 0.3) is 0 Å². The van der Waals surface area contributed by atoms with Gasteiger partial charge >= 0.3 is 0 Å². The van der Waals surface area contributed by atoms with Gasteiger partial charge in [0.2, 0.25) is 0 Å². The molecule has 1 aromatic rings. The number of alkyl halides is 2. The Labute approximate surface area is 105 Å². The molecule has 2 heterocycles. The maximum atomic E-state index is 11.9. The molecule has 1 saturated heterocycles. The lowest BCUT2D eigenvalue weighted by Gasteiger charge is -2.22. The topological polar surface area (TPSA) is 39.1 Å². The molecule has 4 nitrogen and oxygen atoms in total. The fraction of sp³-hybridized carbons (Fsp3) is 0.700. The van der Waals surface area contributed by atoms with E-state index in [9.17, 15) is 8.78 Å². The Hall–Kier alpha value is -0.880. The molecule has 0 amide bonds. The van der Waals surface area contributed by atoms with Crippen molar-refractivity contribution in [2.75, 3.05) is 19.7 Å². The lowest BCUT2D eigenvalue weighted by molar-refractivity contribution is 0.0818. The number of piperidine rings is 1. The molecule has 2 rings (SSSR count). The fourth-order valence-corrected chi connectivity index (χ4v) is 1.83. The molecule has 1 N–H and O–H groups in total. The molecular weight excluding hydrogens is 252 g/mol. The lowest BCUT2D eigenvalue weighted by Crippen LogP contribution is -2.29. The third kappa shape index (κ3) is 4.12. The van der Waals surface area contributed by atoms with E-state index in [4.69, 9.17) is 4.74 Å².